The lowest BCUT2D eigenvalue weighted by atomic mass is 10.3. The van der Waals surface area contributed by atoms with Crippen molar-refractivity contribution in [3.05, 3.63) is 42.5 Å². The second-order valence-electron chi connectivity index (χ2n) is 6.66. The Balaban J connectivity index is 1.78. The SMILES string of the molecule is CCCCn1c(SCC(=O)Nc2ccc(OC)cc2)nc2cc(S(N)(=O)=O)ccc21. The first kappa shape index (κ1) is 22.1. The van der Waals surface area contributed by atoms with E-state index in [9.17, 15) is 13.2 Å². The molecule has 1 heterocycles. The van der Waals surface area contributed by atoms with E-state index in [1.165, 1.54) is 23.9 Å². The van der Waals surface area contributed by atoms with Crippen molar-refractivity contribution < 1.29 is 17.9 Å². The van der Waals surface area contributed by atoms with Crippen molar-refractivity contribution >= 4 is 44.4 Å². The van der Waals surface area contributed by atoms with Gasteiger partial charge in [-0.2, -0.15) is 0 Å². The number of nitrogens with zero attached hydrogens (tertiary/aromatic N) is 2. The molecule has 0 spiro atoms. The summed E-state index contributed by atoms with van der Waals surface area (Å²) in [6.07, 6.45) is 1.94. The fourth-order valence-electron chi connectivity index (χ4n) is 2.91. The molecule has 0 fully saturated rings. The number of aromatic nitrogens is 2. The number of nitrogens with one attached hydrogen (secondary N) is 1. The van der Waals surface area contributed by atoms with Crippen LogP contribution in [0.1, 0.15) is 19.8 Å². The van der Waals surface area contributed by atoms with Crippen LogP contribution in [0, 0.1) is 0 Å². The first-order valence-corrected chi connectivity index (χ1v) is 11.9. The second-order valence-corrected chi connectivity index (χ2v) is 9.16. The summed E-state index contributed by atoms with van der Waals surface area (Å²) < 4.78 is 30.4. The normalized spacial score (nSPS) is 11.6. The summed E-state index contributed by atoms with van der Waals surface area (Å²) >= 11 is 1.31. The molecule has 3 rings (SSSR count). The van der Waals surface area contributed by atoms with Crippen molar-refractivity contribution in [2.24, 2.45) is 5.14 Å². The van der Waals surface area contributed by atoms with Gasteiger partial charge in [0, 0.05) is 12.2 Å². The van der Waals surface area contributed by atoms with Gasteiger partial charge in [0.1, 0.15) is 5.75 Å². The Morgan fingerprint density at radius 1 is 1.23 bits per heavy atom. The molecule has 0 saturated carbocycles. The van der Waals surface area contributed by atoms with E-state index in [1.807, 2.05) is 4.57 Å². The van der Waals surface area contributed by atoms with Crippen LogP contribution < -0.4 is 15.2 Å². The highest BCUT2D eigenvalue weighted by atomic mass is 32.2. The molecular formula is C20H24N4O4S2. The number of ether oxygens (including phenoxy) is 1. The molecule has 1 amide bonds. The molecule has 0 aliphatic rings. The van der Waals surface area contributed by atoms with Gasteiger partial charge in [-0.15, -0.1) is 0 Å². The molecule has 1 aromatic heterocycles. The van der Waals surface area contributed by atoms with Gasteiger partial charge < -0.3 is 14.6 Å². The van der Waals surface area contributed by atoms with Crippen molar-refractivity contribution in [3.8, 4) is 5.75 Å². The fourth-order valence-corrected chi connectivity index (χ4v) is 4.28. The molecule has 3 aromatic rings. The Labute approximate surface area is 179 Å². The minimum absolute atomic E-state index is 0.0175. The summed E-state index contributed by atoms with van der Waals surface area (Å²) in [5.41, 5.74) is 2.03. The van der Waals surface area contributed by atoms with Gasteiger partial charge >= 0.3 is 0 Å². The molecule has 0 unspecified atom stereocenters. The topological polar surface area (TPSA) is 116 Å². The molecule has 3 N–H and O–H groups in total. The minimum Gasteiger partial charge on any atom is -0.497 e. The predicted octanol–water partition coefficient (Wildman–Crippen LogP) is 3.22. The highest BCUT2D eigenvalue weighted by Crippen LogP contribution is 2.27. The lowest BCUT2D eigenvalue weighted by Gasteiger charge is -2.09. The largest absolute Gasteiger partial charge is 0.497 e. The zero-order valence-electron chi connectivity index (χ0n) is 16.8. The van der Waals surface area contributed by atoms with Gasteiger partial charge in [0.25, 0.3) is 0 Å². The Bertz CT molecular complexity index is 1140. The number of sulfonamides is 1. The quantitative estimate of drug-likeness (QED) is 0.486. The Hall–Kier alpha value is -2.56. The number of imidazole rings is 1. The van der Waals surface area contributed by atoms with Crippen molar-refractivity contribution in [2.75, 3.05) is 18.2 Å². The van der Waals surface area contributed by atoms with Gasteiger partial charge in [-0.1, -0.05) is 25.1 Å². The van der Waals surface area contributed by atoms with Gasteiger partial charge in [-0.3, -0.25) is 4.79 Å². The maximum atomic E-state index is 12.4. The summed E-state index contributed by atoms with van der Waals surface area (Å²) in [5.74, 6) is 0.721. The van der Waals surface area contributed by atoms with Crippen LogP contribution >= 0.6 is 11.8 Å². The molecule has 2 aromatic carbocycles. The van der Waals surface area contributed by atoms with E-state index in [0.717, 1.165) is 24.9 Å². The average molecular weight is 449 g/mol. The van der Waals surface area contributed by atoms with Gasteiger partial charge in [-0.05, 0) is 48.9 Å². The molecule has 160 valence electrons. The Morgan fingerprint density at radius 3 is 2.60 bits per heavy atom. The molecule has 10 heteroatoms. The number of aryl methyl sites for hydroxylation is 1. The third-order valence-electron chi connectivity index (χ3n) is 4.45. The summed E-state index contributed by atoms with van der Waals surface area (Å²) in [4.78, 5) is 16.9. The van der Waals surface area contributed by atoms with Gasteiger partial charge in [0.15, 0.2) is 5.16 Å². The van der Waals surface area contributed by atoms with Crippen LogP contribution in [0.3, 0.4) is 0 Å². The van der Waals surface area contributed by atoms with E-state index in [-0.39, 0.29) is 16.6 Å². The smallest absolute Gasteiger partial charge is 0.238 e. The average Bonchev–Trinajstić information content (AvgIpc) is 3.07. The number of hydrogen-bond donors (Lipinski definition) is 2. The third kappa shape index (κ3) is 5.32. The second kappa shape index (κ2) is 9.50. The fraction of sp³-hybridized carbons (Fsp3) is 0.300. The standard InChI is InChI=1S/C20H24N4O4S2/c1-3-4-11-24-18-10-9-16(30(21,26)27)12-17(18)23-20(24)29-13-19(25)22-14-5-7-15(28-2)8-6-14/h5-10,12H,3-4,11,13H2,1-2H3,(H,22,25)(H2,21,26,27). The van der Waals surface area contributed by atoms with Crippen LogP contribution in [0.5, 0.6) is 5.75 Å². The number of carbonyl (C=O) groups is 1. The van der Waals surface area contributed by atoms with E-state index in [0.29, 0.717) is 22.1 Å². The molecule has 0 radical (unpaired) electrons. The monoisotopic (exact) mass is 448 g/mol. The number of benzene rings is 2. The number of primary sulfonamides is 1. The van der Waals surface area contributed by atoms with Crippen LogP contribution in [0.15, 0.2) is 52.5 Å². The van der Waals surface area contributed by atoms with Crippen molar-refractivity contribution in [3.63, 3.8) is 0 Å². The number of thioether (sulfide) groups is 1. The highest BCUT2D eigenvalue weighted by molar-refractivity contribution is 7.99. The first-order chi connectivity index (χ1) is 14.3. The van der Waals surface area contributed by atoms with Crippen LogP contribution in [-0.2, 0) is 21.4 Å². The minimum atomic E-state index is -3.81. The lowest BCUT2D eigenvalue weighted by molar-refractivity contribution is -0.113. The lowest BCUT2D eigenvalue weighted by Crippen LogP contribution is -2.14. The van der Waals surface area contributed by atoms with E-state index in [2.05, 4.69) is 17.2 Å². The number of fused-ring (bicyclic) bond motifs is 1. The Kier molecular flexibility index (Phi) is 7.01. The third-order valence-corrected chi connectivity index (χ3v) is 6.34. The molecule has 0 aliphatic carbocycles. The first-order valence-electron chi connectivity index (χ1n) is 9.41. The highest BCUT2D eigenvalue weighted by Gasteiger charge is 2.16. The maximum absolute atomic E-state index is 12.4. The molecule has 0 atom stereocenters. The molecule has 30 heavy (non-hydrogen) atoms. The number of carbonyl (C=O) groups excluding carboxylic acids is 1. The molecule has 8 nitrogen and oxygen atoms in total. The summed E-state index contributed by atoms with van der Waals surface area (Å²) in [7, 11) is -2.23. The molecule has 0 saturated heterocycles. The van der Waals surface area contributed by atoms with E-state index in [1.54, 1.807) is 37.4 Å². The summed E-state index contributed by atoms with van der Waals surface area (Å²) in [6, 6.07) is 11.7. The Morgan fingerprint density at radius 2 is 1.97 bits per heavy atom. The summed E-state index contributed by atoms with van der Waals surface area (Å²) in [6.45, 7) is 2.82. The number of methoxy groups -OCH3 is 1. The van der Waals surface area contributed by atoms with Crippen LogP contribution in [0.4, 0.5) is 5.69 Å². The van der Waals surface area contributed by atoms with Crippen molar-refractivity contribution in [1.82, 2.24) is 9.55 Å². The molecular weight excluding hydrogens is 424 g/mol. The zero-order valence-corrected chi connectivity index (χ0v) is 18.4. The number of amides is 1. The van der Waals surface area contributed by atoms with Crippen LogP contribution in [0.2, 0.25) is 0 Å². The number of unbranched alkanes of at least 4 members (excludes halogenated alkanes) is 1. The number of anilines is 1. The molecule has 0 bridgehead atoms. The van der Waals surface area contributed by atoms with Gasteiger partial charge in [-0.25, -0.2) is 18.5 Å². The zero-order chi connectivity index (χ0) is 21.7. The van der Waals surface area contributed by atoms with Gasteiger partial charge in [0.2, 0.25) is 15.9 Å². The van der Waals surface area contributed by atoms with Crippen molar-refractivity contribution in [1.29, 1.82) is 0 Å². The predicted molar refractivity (Wildman–Crippen MR) is 118 cm³/mol. The van der Waals surface area contributed by atoms with Crippen molar-refractivity contribution in [2.45, 2.75) is 36.4 Å². The van der Waals surface area contributed by atoms with E-state index >= 15 is 0 Å². The molecule has 0 aliphatic heterocycles. The maximum Gasteiger partial charge on any atom is 0.238 e. The van der Waals surface area contributed by atoms with Gasteiger partial charge in [0.05, 0.1) is 28.8 Å². The van der Waals surface area contributed by atoms with E-state index in [4.69, 9.17) is 9.88 Å². The number of hydrogen-bond acceptors (Lipinski definition) is 6. The van der Waals surface area contributed by atoms with Crippen LogP contribution in [-0.4, -0.2) is 36.7 Å². The number of nitrogens with two attached hydrogens (primary N) is 1. The summed E-state index contributed by atoms with van der Waals surface area (Å²) in [5, 5.41) is 8.74. The van der Waals surface area contributed by atoms with Crippen LogP contribution in [0.25, 0.3) is 11.0 Å². The van der Waals surface area contributed by atoms with E-state index < -0.39 is 10.0 Å². The number of rotatable bonds is 9.